The molecule has 0 aromatic rings. The molecule has 0 spiro atoms. The van der Waals surface area contributed by atoms with Crippen LogP contribution >= 0.6 is 0 Å². The number of ketones is 1. The summed E-state index contributed by atoms with van der Waals surface area (Å²) in [5, 5.41) is 7.93. The fraction of sp³-hybridized carbons (Fsp3) is 0.833. The summed E-state index contributed by atoms with van der Waals surface area (Å²) in [6.07, 6.45) is 9.96. The number of hydrogen-bond donors (Lipinski definition) is 1. The van der Waals surface area contributed by atoms with E-state index in [4.69, 9.17) is 4.84 Å². The number of Topliss-reactive ketones (excluding diaryl/α,β-unsaturated/α-hetero) is 1. The van der Waals surface area contributed by atoms with E-state index in [0.29, 0.717) is 29.0 Å². The molecule has 1 saturated heterocycles. The molecule has 0 aromatic heterocycles. The number of fused-ring (bicyclic) bond motifs is 5. The summed E-state index contributed by atoms with van der Waals surface area (Å²) >= 11 is 0. The highest BCUT2D eigenvalue weighted by Gasteiger charge is 2.60. The Morgan fingerprint density at radius 2 is 1.96 bits per heavy atom. The van der Waals surface area contributed by atoms with Crippen LogP contribution in [0.1, 0.15) is 71.6 Å². The third-order valence-corrected chi connectivity index (χ3v) is 9.52. The molecule has 0 amide bonds. The molecule has 1 aliphatic heterocycles. The van der Waals surface area contributed by atoms with Gasteiger partial charge in [0.2, 0.25) is 0 Å². The van der Waals surface area contributed by atoms with Crippen LogP contribution in [0.15, 0.2) is 17.3 Å². The zero-order chi connectivity index (χ0) is 19.5. The minimum atomic E-state index is -0.0465. The summed E-state index contributed by atoms with van der Waals surface area (Å²) in [4.78, 5) is 18.5. The van der Waals surface area contributed by atoms with Crippen molar-refractivity contribution in [3.8, 4) is 0 Å². The van der Waals surface area contributed by atoms with Crippen LogP contribution in [0.25, 0.3) is 0 Å². The summed E-state index contributed by atoms with van der Waals surface area (Å²) in [5.41, 5.74) is 2.93. The van der Waals surface area contributed by atoms with E-state index in [1.807, 2.05) is 0 Å². The van der Waals surface area contributed by atoms with Gasteiger partial charge < -0.3 is 10.2 Å². The van der Waals surface area contributed by atoms with E-state index in [-0.39, 0.29) is 11.5 Å². The lowest BCUT2D eigenvalue weighted by molar-refractivity contribution is -0.134. The van der Waals surface area contributed by atoms with Gasteiger partial charge in [-0.25, -0.2) is 0 Å². The Balaban J connectivity index is 1.35. The quantitative estimate of drug-likeness (QED) is 0.563. The van der Waals surface area contributed by atoms with E-state index in [9.17, 15) is 4.79 Å². The van der Waals surface area contributed by atoms with Gasteiger partial charge in [-0.15, -0.1) is 0 Å². The largest absolute Gasteiger partial charge is 0.391 e. The van der Waals surface area contributed by atoms with Crippen molar-refractivity contribution in [2.45, 2.75) is 77.7 Å². The van der Waals surface area contributed by atoms with Gasteiger partial charge in [0.15, 0.2) is 0 Å². The Hall–Kier alpha value is -1.16. The first-order valence-electron chi connectivity index (χ1n) is 11.5. The monoisotopic (exact) mass is 384 g/mol. The molecule has 1 unspecified atom stereocenters. The zero-order valence-corrected chi connectivity index (χ0v) is 17.6. The Kier molecular flexibility index (Phi) is 4.50. The van der Waals surface area contributed by atoms with E-state index in [0.717, 1.165) is 64.0 Å². The summed E-state index contributed by atoms with van der Waals surface area (Å²) < 4.78 is 0. The van der Waals surface area contributed by atoms with Gasteiger partial charge in [-0.1, -0.05) is 31.2 Å². The minimum Gasteiger partial charge on any atom is -0.391 e. The van der Waals surface area contributed by atoms with Crippen LogP contribution < -0.4 is 5.32 Å². The normalized spacial score (nSPS) is 49.6. The average Bonchev–Trinajstić information content (AvgIpc) is 3.29. The molecule has 1 N–H and O–H groups in total. The van der Waals surface area contributed by atoms with E-state index >= 15 is 0 Å². The highest BCUT2D eigenvalue weighted by Crippen LogP contribution is 2.66. The van der Waals surface area contributed by atoms with Crippen LogP contribution in [0.3, 0.4) is 0 Å². The molecule has 0 aromatic carbocycles. The number of oxime groups is 1. The third-order valence-electron chi connectivity index (χ3n) is 9.52. The van der Waals surface area contributed by atoms with E-state index in [1.54, 1.807) is 0 Å². The summed E-state index contributed by atoms with van der Waals surface area (Å²) in [6, 6.07) is 0. The van der Waals surface area contributed by atoms with E-state index in [1.165, 1.54) is 24.1 Å². The summed E-state index contributed by atoms with van der Waals surface area (Å²) in [7, 11) is 0. The van der Waals surface area contributed by atoms with E-state index in [2.05, 4.69) is 30.9 Å². The average molecular weight is 385 g/mol. The molecular formula is C24H36N2O2. The second kappa shape index (κ2) is 6.68. The molecule has 4 nitrogen and oxygen atoms in total. The van der Waals surface area contributed by atoms with Crippen molar-refractivity contribution in [3.05, 3.63) is 12.2 Å². The Bertz CT molecular complexity index is 709. The van der Waals surface area contributed by atoms with Gasteiger partial charge in [-0.05, 0) is 80.6 Å². The molecule has 28 heavy (non-hydrogen) atoms. The van der Waals surface area contributed by atoms with Crippen molar-refractivity contribution >= 4 is 11.5 Å². The number of rotatable bonds is 2. The van der Waals surface area contributed by atoms with Crippen molar-refractivity contribution in [1.29, 1.82) is 0 Å². The standard InChI is InChI=1S/C24H36N2O2/c1-15-12-18-19-4-5-22(27)24(19,3)10-7-20(18)23(2)9-6-16(13-21(15)23)26-28-17-8-11-25-14-17/h17-21,25H,1,4-14H2,2-3H3/b26-16+/t17-,18-,19-,20-,21?,23+,24-/m0/s1. The fourth-order valence-corrected chi connectivity index (χ4v) is 7.77. The Labute approximate surface area is 169 Å². The van der Waals surface area contributed by atoms with Crippen LogP contribution in [0.4, 0.5) is 0 Å². The van der Waals surface area contributed by atoms with E-state index < -0.39 is 0 Å². The first-order chi connectivity index (χ1) is 13.4. The van der Waals surface area contributed by atoms with Gasteiger partial charge >= 0.3 is 0 Å². The van der Waals surface area contributed by atoms with Crippen LogP contribution in [0.5, 0.6) is 0 Å². The maximum atomic E-state index is 12.6. The van der Waals surface area contributed by atoms with Gasteiger partial charge in [0.25, 0.3) is 0 Å². The number of nitrogens with one attached hydrogen (secondary N) is 1. The van der Waals surface area contributed by atoms with Crippen LogP contribution in [-0.4, -0.2) is 30.7 Å². The van der Waals surface area contributed by atoms with Crippen molar-refractivity contribution in [2.24, 2.45) is 39.7 Å². The number of carbonyl (C=O) groups is 1. The van der Waals surface area contributed by atoms with Crippen LogP contribution in [0.2, 0.25) is 0 Å². The molecule has 5 aliphatic rings. The maximum Gasteiger partial charge on any atom is 0.141 e. The lowest BCUT2D eigenvalue weighted by Crippen LogP contribution is -2.54. The molecular weight excluding hydrogens is 348 g/mol. The summed E-state index contributed by atoms with van der Waals surface area (Å²) in [6.45, 7) is 11.3. The third kappa shape index (κ3) is 2.74. The molecule has 5 rings (SSSR count). The van der Waals surface area contributed by atoms with Gasteiger partial charge in [-0.3, -0.25) is 4.79 Å². The molecule has 0 radical (unpaired) electrons. The predicted octanol–water partition coefficient (Wildman–Crippen LogP) is 4.50. The molecule has 4 heteroatoms. The highest BCUT2D eigenvalue weighted by atomic mass is 16.6. The first kappa shape index (κ1) is 18.8. The second-order valence-corrected chi connectivity index (χ2v) is 10.8. The van der Waals surface area contributed by atoms with Crippen molar-refractivity contribution in [3.63, 3.8) is 0 Å². The molecule has 0 bridgehead atoms. The molecule has 4 aliphatic carbocycles. The predicted molar refractivity (Wildman–Crippen MR) is 111 cm³/mol. The Morgan fingerprint density at radius 3 is 2.75 bits per heavy atom. The SMILES string of the molecule is C=C1C[C@@H]2[C@H](CC[C@]3(C)C(=O)CC[C@@H]23)[C@@]2(C)CC/C(=N\O[C@H]3CCNC3)CC12. The summed E-state index contributed by atoms with van der Waals surface area (Å²) in [5.74, 6) is 3.06. The number of hydrogen-bond acceptors (Lipinski definition) is 4. The number of nitrogens with zero attached hydrogens (tertiary/aromatic N) is 1. The lowest BCUT2D eigenvalue weighted by Gasteiger charge is -2.60. The van der Waals surface area contributed by atoms with Crippen LogP contribution in [0, 0.1) is 34.5 Å². The van der Waals surface area contributed by atoms with Crippen molar-refractivity contribution < 1.29 is 9.63 Å². The molecule has 1 heterocycles. The van der Waals surface area contributed by atoms with Crippen molar-refractivity contribution in [2.75, 3.05) is 13.1 Å². The zero-order valence-electron chi connectivity index (χ0n) is 17.6. The van der Waals surface area contributed by atoms with Gasteiger partial charge in [0.1, 0.15) is 11.9 Å². The lowest BCUT2D eigenvalue weighted by atomic mass is 9.44. The van der Waals surface area contributed by atoms with Gasteiger partial charge in [0, 0.05) is 24.8 Å². The smallest absolute Gasteiger partial charge is 0.141 e. The van der Waals surface area contributed by atoms with Crippen molar-refractivity contribution in [1.82, 2.24) is 5.32 Å². The minimum absolute atomic E-state index is 0.0465. The molecule has 154 valence electrons. The topological polar surface area (TPSA) is 50.7 Å². The molecule has 7 atom stereocenters. The number of allylic oxidation sites excluding steroid dienone is 1. The fourth-order valence-electron chi connectivity index (χ4n) is 7.77. The maximum absolute atomic E-state index is 12.6. The highest BCUT2D eigenvalue weighted by molar-refractivity contribution is 5.87. The van der Waals surface area contributed by atoms with Gasteiger partial charge in [0.05, 0.1) is 5.71 Å². The molecule has 5 fully saturated rings. The Morgan fingerprint density at radius 1 is 1.11 bits per heavy atom. The van der Waals surface area contributed by atoms with Gasteiger partial charge in [-0.2, -0.15) is 0 Å². The first-order valence-corrected chi connectivity index (χ1v) is 11.5. The van der Waals surface area contributed by atoms with Crippen LogP contribution in [-0.2, 0) is 9.63 Å². The second-order valence-electron chi connectivity index (χ2n) is 10.8. The molecule has 4 saturated carbocycles. The number of carbonyl (C=O) groups excluding carboxylic acids is 1.